The lowest BCUT2D eigenvalue weighted by Gasteiger charge is -2.38. The molecule has 30 heavy (non-hydrogen) atoms. The fourth-order valence-electron chi connectivity index (χ4n) is 4.13. The van der Waals surface area contributed by atoms with E-state index in [-0.39, 0.29) is 35.7 Å². The Labute approximate surface area is 176 Å². The summed E-state index contributed by atoms with van der Waals surface area (Å²) in [5.74, 6) is -3.12. The molecular formula is C22H30O8. The SMILES string of the molecule is C=C(C)C(=O)OC1CC(C)(OC(C)=O)C(=O)CC(OC)C(C)CC2OC(=O)C(=C)C12. The summed E-state index contributed by atoms with van der Waals surface area (Å²) < 4.78 is 22.1. The van der Waals surface area contributed by atoms with E-state index in [1.807, 2.05) is 6.92 Å². The Bertz CT molecular complexity index is 769. The van der Waals surface area contributed by atoms with Gasteiger partial charge in [0, 0.05) is 38.0 Å². The van der Waals surface area contributed by atoms with Crippen molar-refractivity contribution < 1.29 is 38.1 Å². The molecule has 1 aliphatic carbocycles. The maximum absolute atomic E-state index is 13.2. The molecule has 0 spiro atoms. The molecule has 2 fully saturated rings. The second kappa shape index (κ2) is 9.12. The van der Waals surface area contributed by atoms with Gasteiger partial charge in [-0.1, -0.05) is 20.1 Å². The molecule has 1 heterocycles. The van der Waals surface area contributed by atoms with Gasteiger partial charge in [0.25, 0.3) is 0 Å². The molecule has 8 nitrogen and oxygen atoms in total. The summed E-state index contributed by atoms with van der Waals surface area (Å²) in [5, 5.41) is 0. The van der Waals surface area contributed by atoms with E-state index in [9.17, 15) is 19.2 Å². The van der Waals surface area contributed by atoms with Crippen molar-refractivity contribution in [2.24, 2.45) is 11.8 Å². The number of fused-ring (bicyclic) bond motifs is 1. The fraction of sp³-hybridized carbons (Fsp3) is 0.636. The minimum absolute atomic E-state index is 0.00508. The lowest BCUT2D eigenvalue weighted by molar-refractivity contribution is -0.174. The number of hydrogen-bond acceptors (Lipinski definition) is 8. The van der Waals surface area contributed by atoms with Gasteiger partial charge in [-0.05, 0) is 26.2 Å². The highest BCUT2D eigenvalue weighted by atomic mass is 16.6. The summed E-state index contributed by atoms with van der Waals surface area (Å²) in [6.45, 7) is 13.5. The Morgan fingerprint density at radius 2 is 1.83 bits per heavy atom. The highest BCUT2D eigenvalue weighted by molar-refractivity contribution is 5.92. The van der Waals surface area contributed by atoms with Crippen LogP contribution < -0.4 is 0 Å². The van der Waals surface area contributed by atoms with Crippen LogP contribution in [0.4, 0.5) is 0 Å². The van der Waals surface area contributed by atoms with Crippen LogP contribution in [-0.4, -0.2) is 54.7 Å². The summed E-state index contributed by atoms with van der Waals surface area (Å²) in [5.41, 5.74) is -1.28. The van der Waals surface area contributed by atoms with Gasteiger partial charge in [0.2, 0.25) is 0 Å². The van der Waals surface area contributed by atoms with Crippen LogP contribution in [0, 0.1) is 11.8 Å². The minimum atomic E-state index is -1.59. The van der Waals surface area contributed by atoms with Gasteiger partial charge in [-0.3, -0.25) is 9.59 Å². The van der Waals surface area contributed by atoms with E-state index < -0.39 is 47.7 Å². The zero-order chi connectivity index (χ0) is 22.8. The van der Waals surface area contributed by atoms with Gasteiger partial charge >= 0.3 is 17.9 Å². The molecule has 0 aromatic carbocycles. The molecule has 0 aromatic heterocycles. The van der Waals surface area contributed by atoms with Gasteiger partial charge in [0.1, 0.15) is 12.2 Å². The van der Waals surface area contributed by atoms with Crippen LogP contribution in [-0.2, 0) is 38.1 Å². The van der Waals surface area contributed by atoms with E-state index >= 15 is 0 Å². The first-order valence-electron chi connectivity index (χ1n) is 9.91. The summed E-state index contributed by atoms with van der Waals surface area (Å²) in [6, 6.07) is 0. The number of ether oxygens (including phenoxy) is 4. The number of methoxy groups -OCH3 is 1. The van der Waals surface area contributed by atoms with Gasteiger partial charge in [-0.15, -0.1) is 0 Å². The average Bonchev–Trinajstić information content (AvgIpc) is 2.90. The Morgan fingerprint density at radius 1 is 1.20 bits per heavy atom. The number of carbonyl (C=O) groups is 4. The van der Waals surface area contributed by atoms with Crippen LogP contribution in [0.1, 0.15) is 47.0 Å². The van der Waals surface area contributed by atoms with E-state index in [2.05, 4.69) is 13.2 Å². The van der Waals surface area contributed by atoms with Crippen molar-refractivity contribution in [3.8, 4) is 0 Å². The molecular weight excluding hydrogens is 392 g/mol. The van der Waals surface area contributed by atoms with Crippen molar-refractivity contribution in [2.45, 2.75) is 70.9 Å². The van der Waals surface area contributed by atoms with Crippen molar-refractivity contribution >= 4 is 23.7 Å². The summed E-state index contributed by atoms with van der Waals surface area (Å²) >= 11 is 0. The summed E-state index contributed by atoms with van der Waals surface area (Å²) in [7, 11) is 1.50. The van der Waals surface area contributed by atoms with Crippen LogP contribution in [0.15, 0.2) is 24.3 Å². The van der Waals surface area contributed by atoms with Crippen LogP contribution in [0.25, 0.3) is 0 Å². The van der Waals surface area contributed by atoms with E-state index in [4.69, 9.17) is 18.9 Å². The zero-order valence-corrected chi connectivity index (χ0v) is 18.2. The minimum Gasteiger partial charge on any atom is -0.458 e. The Hall–Kier alpha value is -2.48. The molecule has 0 amide bonds. The smallest absolute Gasteiger partial charge is 0.334 e. The first kappa shape index (κ1) is 23.8. The summed E-state index contributed by atoms with van der Waals surface area (Å²) in [6.07, 6.45) is -1.81. The molecule has 2 aliphatic rings. The Kier molecular flexibility index (Phi) is 7.23. The largest absolute Gasteiger partial charge is 0.458 e. The molecule has 166 valence electrons. The number of ketones is 1. The number of hydrogen-bond donors (Lipinski definition) is 0. The van der Waals surface area contributed by atoms with Gasteiger partial charge < -0.3 is 18.9 Å². The molecule has 1 saturated heterocycles. The van der Waals surface area contributed by atoms with E-state index in [0.717, 1.165) is 0 Å². The number of Topliss-reactive ketones (excluding diaryl/α,β-unsaturated/α-hetero) is 1. The van der Waals surface area contributed by atoms with Crippen molar-refractivity contribution in [3.63, 3.8) is 0 Å². The number of rotatable bonds is 4. The lowest BCUT2D eigenvalue weighted by atomic mass is 9.76. The molecule has 6 atom stereocenters. The first-order valence-corrected chi connectivity index (χ1v) is 9.91. The van der Waals surface area contributed by atoms with Gasteiger partial charge in [0.15, 0.2) is 11.4 Å². The van der Waals surface area contributed by atoms with E-state index in [1.54, 1.807) is 0 Å². The predicted molar refractivity (Wildman–Crippen MR) is 106 cm³/mol. The van der Waals surface area contributed by atoms with Crippen LogP contribution in [0.2, 0.25) is 0 Å². The normalized spacial score (nSPS) is 34.6. The van der Waals surface area contributed by atoms with Gasteiger partial charge in [-0.25, -0.2) is 9.59 Å². The topological polar surface area (TPSA) is 105 Å². The molecule has 0 radical (unpaired) electrons. The third-order valence-electron chi connectivity index (χ3n) is 5.81. The molecule has 2 rings (SSSR count). The lowest BCUT2D eigenvalue weighted by Crippen LogP contribution is -2.49. The standard InChI is InChI=1S/C22H30O8/c1-11(2)20(25)29-17-10-22(6,30-14(5)23)18(24)9-15(27-7)12(3)8-16-19(17)13(4)21(26)28-16/h12,15-17,19H,1,4,8-10H2,2-3,5-7H3. The fourth-order valence-corrected chi connectivity index (χ4v) is 4.13. The first-order chi connectivity index (χ1) is 13.9. The molecule has 0 aromatic rings. The van der Waals surface area contributed by atoms with Crippen molar-refractivity contribution in [1.29, 1.82) is 0 Å². The van der Waals surface area contributed by atoms with Crippen LogP contribution >= 0.6 is 0 Å². The number of esters is 3. The molecule has 6 unspecified atom stereocenters. The third-order valence-corrected chi connectivity index (χ3v) is 5.81. The maximum atomic E-state index is 13.2. The predicted octanol–water partition coefficient (Wildman–Crippen LogP) is 2.30. The van der Waals surface area contributed by atoms with Crippen molar-refractivity contribution in [3.05, 3.63) is 24.3 Å². The van der Waals surface area contributed by atoms with Gasteiger partial charge in [0.05, 0.1) is 12.0 Å². The number of carbonyl (C=O) groups excluding carboxylic acids is 4. The zero-order valence-electron chi connectivity index (χ0n) is 18.2. The van der Waals surface area contributed by atoms with Gasteiger partial charge in [-0.2, -0.15) is 0 Å². The molecule has 8 heteroatoms. The second-order valence-corrected chi connectivity index (χ2v) is 8.36. The third kappa shape index (κ3) is 4.98. The highest BCUT2D eigenvalue weighted by Gasteiger charge is 2.51. The van der Waals surface area contributed by atoms with Crippen molar-refractivity contribution in [2.75, 3.05) is 7.11 Å². The maximum Gasteiger partial charge on any atom is 0.334 e. The molecule has 0 N–H and O–H groups in total. The average molecular weight is 422 g/mol. The molecule has 1 aliphatic heterocycles. The Morgan fingerprint density at radius 3 is 2.37 bits per heavy atom. The van der Waals surface area contributed by atoms with Crippen LogP contribution in [0.3, 0.4) is 0 Å². The highest BCUT2D eigenvalue weighted by Crippen LogP contribution is 2.41. The van der Waals surface area contributed by atoms with Crippen LogP contribution in [0.5, 0.6) is 0 Å². The monoisotopic (exact) mass is 422 g/mol. The van der Waals surface area contributed by atoms with Crippen molar-refractivity contribution in [1.82, 2.24) is 0 Å². The van der Waals surface area contributed by atoms with E-state index in [1.165, 1.54) is 27.9 Å². The quantitative estimate of drug-likeness (QED) is 0.386. The molecule has 0 bridgehead atoms. The second-order valence-electron chi connectivity index (χ2n) is 8.36. The molecule has 1 saturated carbocycles. The van der Waals surface area contributed by atoms with E-state index in [0.29, 0.717) is 6.42 Å². The Balaban J connectivity index is 2.56. The summed E-state index contributed by atoms with van der Waals surface area (Å²) in [4.78, 5) is 49.6.